The minimum Gasteiger partial charge on any atom is -0.400 e. The van der Waals surface area contributed by atoms with Crippen LogP contribution in [0.3, 0.4) is 0 Å². The molecule has 0 aliphatic carbocycles. The topological polar surface area (TPSA) is 18.5 Å². The van der Waals surface area contributed by atoms with Crippen molar-refractivity contribution in [3.8, 4) is 0 Å². The van der Waals surface area contributed by atoms with Crippen LogP contribution in [0.2, 0.25) is 30.7 Å². The Morgan fingerprint density at radius 2 is 1.83 bits per heavy atom. The van der Waals surface area contributed by atoms with Gasteiger partial charge in [0, 0.05) is 22.3 Å². The van der Waals surface area contributed by atoms with Gasteiger partial charge in [-0.3, -0.25) is 0 Å². The lowest BCUT2D eigenvalue weighted by atomic mass is 10.4. The summed E-state index contributed by atoms with van der Waals surface area (Å²) < 4.78 is 10.8. The summed E-state index contributed by atoms with van der Waals surface area (Å²) in [5.74, 6) is 0. The minimum atomic E-state index is -1.29. The summed E-state index contributed by atoms with van der Waals surface area (Å²) in [7, 11) is 1.48. The van der Waals surface area contributed by atoms with Gasteiger partial charge >= 0.3 is 9.28 Å². The Bertz CT molecular complexity index is 146. The normalized spacial score (nSPS) is 28.2. The zero-order valence-electron chi connectivity index (χ0n) is 8.59. The molecule has 0 spiro atoms. The highest BCUT2D eigenvalue weighted by Gasteiger charge is 2.38. The van der Waals surface area contributed by atoms with Gasteiger partial charge in [-0.15, -0.1) is 0 Å². The molecule has 0 aromatic carbocycles. The van der Waals surface area contributed by atoms with E-state index in [1.165, 1.54) is 18.5 Å². The first-order valence-corrected chi connectivity index (χ1v) is 9.67. The fourth-order valence-electron chi connectivity index (χ4n) is 2.20. The molecule has 1 unspecified atom stereocenters. The van der Waals surface area contributed by atoms with Crippen LogP contribution in [0.1, 0.15) is 6.42 Å². The third-order valence-corrected chi connectivity index (χ3v) is 8.87. The van der Waals surface area contributed by atoms with E-state index in [1.807, 2.05) is 0 Å². The molecule has 4 heteroatoms. The van der Waals surface area contributed by atoms with E-state index in [0.29, 0.717) is 0 Å². The molecule has 0 amide bonds. The van der Waals surface area contributed by atoms with E-state index < -0.39 is 17.4 Å². The summed E-state index contributed by atoms with van der Waals surface area (Å²) in [6, 6.07) is 2.89. The van der Waals surface area contributed by atoms with Crippen molar-refractivity contribution in [1.29, 1.82) is 0 Å². The van der Waals surface area contributed by atoms with E-state index in [2.05, 4.69) is 13.1 Å². The molecule has 1 aliphatic rings. The molecule has 0 N–H and O–H groups in total. The van der Waals surface area contributed by atoms with Crippen molar-refractivity contribution in [3.63, 3.8) is 0 Å². The third-order valence-electron chi connectivity index (χ3n) is 2.86. The third kappa shape index (κ3) is 2.42. The van der Waals surface area contributed by atoms with Crippen LogP contribution >= 0.6 is 0 Å². The van der Waals surface area contributed by atoms with Gasteiger partial charge in [0.2, 0.25) is 0 Å². The first-order chi connectivity index (χ1) is 5.59. The minimum absolute atomic E-state index is 0.793. The van der Waals surface area contributed by atoms with Gasteiger partial charge in [-0.2, -0.15) is 0 Å². The first kappa shape index (κ1) is 10.4. The molecular formula is C8H20O2Si2. The molecule has 1 aliphatic heterocycles. The lowest BCUT2D eigenvalue weighted by molar-refractivity contribution is 0.267. The molecule has 0 saturated carbocycles. The molecule has 0 aromatic rings. The summed E-state index contributed by atoms with van der Waals surface area (Å²) in [6.45, 7) is 4.95. The second kappa shape index (κ2) is 4.04. The van der Waals surface area contributed by atoms with Crippen molar-refractivity contribution in [2.75, 3.05) is 14.2 Å². The van der Waals surface area contributed by atoms with E-state index in [-0.39, 0.29) is 0 Å². The van der Waals surface area contributed by atoms with Gasteiger partial charge in [-0.25, -0.2) is 0 Å². The van der Waals surface area contributed by atoms with Crippen molar-refractivity contribution < 1.29 is 8.85 Å². The average Bonchev–Trinajstić information content (AvgIpc) is 2.34. The first-order valence-electron chi connectivity index (χ1n) is 4.64. The Balaban J connectivity index is 2.45. The second-order valence-corrected chi connectivity index (χ2v) is 12.4. The van der Waals surface area contributed by atoms with Crippen molar-refractivity contribution >= 4 is 17.4 Å². The number of rotatable bonds is 3. The molecule has 72 valence electrons. The highest BCUT2D eigenvalue weighted by molar-refractivity contribution is 6.79. The molecule has 1 fully saturated rings. The summed E-state index contributed by atoms with van der Waals surface area (Å²) >= 11 is 0. The molecule has 0 bridgehead atoms. The lowest BCUT2D eigenvalue weighted by Gasteiger charge is -2.19. The summed E-state index contributed by atoms with van der Waals surface area (Å²) in [5, 5.41) is 0. The largest absolute Gasteiger partial charge is 0.400 e. The van der Waals surface area contributed by atoms with Gasteiger partial charge in [0.1, 0.15) is 0 Å². The van der Waals surface area contributed by atoms with E-state index in [9.17, 15) is 0 Å². The predicted octanol–water partition coefficient (Wildman–Crippen LogP) is 1.98. The van der Waals surface area contributed by atoms with Crippen molar-refractivity contribution in [1.82, 2.24) is 0 Å². The van der Waals surface area contributed by atoms with Crippen LogP contribution in [-0.2, 0) is 8.85 Å². The Kier molecular flexibility index (Phi) is 3.51. The average molecular weight is 204 g/mol. The van der Waals surface area contributed by atoms with Gasteiger partial charge in [-0.05, 0) is 5.54 Å². The molecule has 0 radical (unpaired) electrons. The van der Waals surface area contributed by atoms with Crippen LogP contribution < -0.4 is 0 Å². The smallest absolute Gasteiger partial charge is 0.323 e. The van der Waals surface area contributed by atoms with E-state index in [1.54, 1.807) is 14.2 Å². The van der Waals surface area contributed by atoms with Gasteiger partial charge in [0.15, 0.2) is 0 Å². The molecule has 1 atom stereocenters. The summed E-state index contributed by atoms with van der Waals surface area (Å²) in [5.41, 5.74) is 0.793. The molecular weight excluding hydrogens is 184 g/mol. The van der Waals surface area contributed by atoms with Crippen molar-refractivity contribution in [3.05, 3.63) is 0 Å². The predicted molar refractivity (Wildman–Crippen MR) is 56.6 cm³/mol. The molecule has 1 rings (SSSR count). The molecule has 1 heterocycles. The zero-order chi connectivity index (χ0) is 9.19. The molecule has 2 nitrogen and oxygen atoms in total. The van der Waals surface area contributed by atoms with Crippen molar-refractivity contribution in [2.24, 2.45) is 0 Å². The Morgan fingerprint density at radius 3 is 2.17 bits per heavy atom. The molecule has 0 aromatic heterocycles. The fraction of sp³-hybridized carbons (Fsp3) is 1.00. The fourth-order valence-corrected chi connectivity index (χ4v) is 9.60. The van der Waals surface area contributed by atoms with Gasteiger partial charge in [0.25, 0.3) is 0 Å². The van der Waals surface area contributed by atoms with Gasteiger partial charge < -0.3 is 8.85 Å². The Morgan fingerprint density at radius 1 is 1.25 bits per heavy atom. The second-order valence-electron chi connectivity index (χ2n) is 4.51. The SMILES string of the molecule is CO[SiH](OC)C1CC[Si](C)(C)C1. The van der Waals surface area contributed by atoms with Crippen LogP contribution in [0.15, 0.2) is 0 Å². The quantitative estimate of drug-likeness (QED) is 0.655. The van der Waals surface area contributed by atoms with Crippen LogP contribution in [0, 0.1) is 0 Å². The standard InChI is InChI=1S/C8H20O2Si2/c1-9-11(10-2)8-5-6-12(3,4)7-8/h8,11H,5-7H2,1-4H3. The summed E-state index contributed by atoms with van der Waals surface area (Å²) in [4.78, 5) is 0. The Labute approximate surface area is 78.1 Å². The lowest BCUT2D eigenvalue weighted by Crippen LogP contribution is -2.27. The number of hydrogen-bond donors (Lipinski definition) is 0. The van der Waals surface area contributed by atoms with Crippen LogP contribution in [-0.4, -0.2) is 31.6 Å². The highest BCUT2D eigenvalue weighted by atomic mass is 28.3. The maximum atomic E-state index is 5.42. The zero-order valence-corrected chi connectivity index (χ0v) is 10.7. The molecule has 12 heavy (non-hydrogen) atoms. The van der Waals surface area contributed by atoms with Crippen LogP contribution in [0.25, 0.3) is 0 Å². The van der Waals surface area contributed by atoms with Gasteiger partial charge in [0.05, 0.1) is 0 Å². The maximum absolute atomic E-state index is 5.42. The maximum Gasteiger partial charge on any atom is 0.323 e. The summed E-state index contributed by atoms with van der Waals surface area (Å²) in [6.07, 6.45) is 1.36. The number of hydrogen-bond acceptors (Lipinski definition) is 2. The Hall–Kier alpha value is 0.354. The monoisotopic (exact) mass is 204 g/mol. The van der Waals surface area contributed by atoms with E-state index in [0.717, 1.165) is 5.54 Å². The van der Waals surface area contributed by atoms with E-state index in [4.69, 9.17) is 8.85 Å². The van der Waals surface area contributed by atoms with Crippen LogP contribution in [0.5, 0.6) is 0 Å². The van der Waals surface area contributed by atoms with E-state index >= 15 is 0 Å². The van der Waals surface area contributed by atoms with Crippen molar-refractivity contribution in [2.45, 2.75) is 37.1 Å². The van der Waals surface area contributed by atoms with Gasteiger partial charge in [-0.1, -0.05) is 31.6 Å². The molecule has 1 saturated heterocycles. The van der Waals surface area contributed by atoms with Crippen LogP contribution in [0.4, 0.5) is 0 Å². The highest BCUT2D eigenvalue weighted by Crippen LogP contribution is 2.40.